The van der Waals surface area contributed by atoms with Crippen LogP contribution in [0.3, 0.4) is 0 Å². The molecule has 0 aliphatic heterocycles. The molecule has 1 aromatic heterocycles. The molecular weight excluding hydrogens is 398 g/mol. The number of carbonyl (C=O) groups is 1. The van der Waals surface area contributed by atoms with Crippen molar-refractivity contribution in [2.24, 2.45) is 0 Å². The average molecular weight is 425 g/mol. The minimum Gasteiger partial charge on any atom is -0.496 e. The quantitative estimate of drug-likeness (QED) is 0.503. The van der Waals surface area contributed by atoms with Crippen LogP contribution in [0.4, 0.5) is 0 Å². The number of methoxy groups -OCH3 is 1. The number of aromatic nitrogens is 2. The first-order valence-electron chi connectivity index (χ1n) is 10.3. The fourth-order valence-corrected chi connectivity index (χ4v) is 3.08. The lowest BCUT2D eigenvalue weighted by Crippen LogP contribution is -2.26. The SMILES string of the molecule is CCOc1ccc(CCNC(=O)c2nnc(Cc3ccccc3OC)o2)cc1OCC. The summed E-state index contributed by atoms with van der Waals surface area (Å²) >= 11 is 0. The molecule has 0 spiro atoms. The second-order valence-corrected chi connectivity index (χ2v) is 6.64. The van der Waals surface area contributed by atoms with Crippen molar-refractivity contribution in [1.82, 2.24) is 15.5 Å². The number of rotatable bonds is 11. The highest BCUT2D eigenvalue weighted by Gasteiger charge is 2.16. The van der Waals surface area contributed by atoms with Crippen molar-refractivity contribution in [2.75, 3.05) is 26.9 Å². The standard InChI is InChI=1S/C23H27N3O5/c1-4-29-19-11-10-16(14-20(19)30-5-2)12-13-24-22(27)23-26-25-21(31-23)15-17-8-6-7-9-18(17)28-3/h6-11,14H,4-5,12-13,15H2,1-3H3,(H,24,27). The van der Waals surface area contributed by atoms with Gasteiger partial charge in [-0.3, -0.25) is 4.79 Å². The molecule has 1 amide bonds. The number of benzene rings is 2. The van der Waals surface area contributed by atoms with E-state index in [-0.39, 0.29) is 5.89 Å². The summed E-state index contributed by atoms with van der Waals surface area (Å²) in [5.41, 5.74) is 1.93. The van der Waals surface area contributed by atoms with E-state index in [2.05, 4.69) is 15.5 Å². The molecule has 0 aliphatic rings. The molecule has 0 aliphatic carbocycles. The fourth-order valence-electron chi connectivity index (χ4n) is 3.08. The third-order valence-electron chi connectivity index (χ3n) is 4.50. The number of hydrogen-bond acceptors (Lipinski definition) is 7. The zero-order valence-electron chi connectivity index (χ0n) is 18.0. The summed E-state index contributed by atoms with van der Waals surface area (Å²) in [7, 11) is 1.60. The molecule has 2 aromatic carbocycles. The number of hydrogen-bond donors (Lipinski definition) is 1. The van der Waals surface area contributed by atoms with Gasteiger partial charge in [0.2, 0.25) is 5.89 Å². The molecule has 0 unspecified atom stereocenters. The maximum absolute atomic E-state index is 12.4. The number of para-hydroxylation sites is 1. The van der Waals surface area contributed by atoms with Crippen LogP contribution in [-0.2, 0) is 12.8 Å². The summed E-state index contributed by atoms with van der Waals surface area (Å²) in [6, 6.07) is 13.3. The monoisotopic (exact) mass is 425 g/mol. The number of ether oxygens (including phenoxy) is 3. The van der Waals surface area contributed by atoms with E-state index >= 15 is 0 Å². The van der Waals surface area contributed by atoms with Crippen molar-refractivity contribution in [1.29, 1.82) is 0 Å². The molecule has 0 radical (unpaired) electrons. The molecule has 1 heterocycles. The smallest absolute Gasteiger partial charge is 0.308 e. The molecule has 0 bridgehead atoms. The van der Waals surface area contributed by atoms with Crippen LogP contribution in [0.5, 0.6) is 17.2 Å². The van der Waals surface area contributed by atoms with Crippen molar-refractivity contribution in [2.45, 2.75) is 26.7 Å². The molecule has 0 saturated heterocycles. The predicted molar refractivity (Wildman–Crippen MR) is 115 cm³/mol. The molecule has 1 N–H and O–H groups in total. The van der Waals surface area contributed by atoms with Crippen LogP contribution >= 0.6 is 0 Å². The van der Waals surface area contributed by atoms with E-state index in [1.807, 2.05) is 56.3 Å². The van der Waals surface area contributed by atoms with Gasteiger partial charge in [0, 0.05) is 12.1 Å². The Morgan fingerprint density at radius 3 is 2.55 bits per heavy atom. The maximum atomic E-state index is 12.4. The van der Waals surface area contributed by atoms with Crippen molar-refractivity contribution >= 4 is 5.91 Å². The number of nitrogens with one attached hydrogen (secondary N) is 1. The summed E-state index contributed by atoms with van der Waals surface area (Å²) in [6.45, 7) is 5.39. The summed E-state index contributed by atoms with van der Waals surface area (Å²) in [4.78, 5) is 12.4. The summed E-state index contributed by atoms with van der Waals surface area (Å²) in [6.07, 6.45) is 1.01. The predicted octanol–water partition coefficient (Wildman–Crippen LogP) is 3.44. The highest BCUT2D eigenvalue weighted by atomic mass is 16.5. The summed E-state index contributed by atoms with van der Waals surface area (Å²) in [5, 5.41) is 10.6. The number of amides is 1. The van der Waals surface area contributed by atoms with Gasteiger partial charge >= 0.3 is 11.8 Å². The summed E-state index contributed by atoms with van der Waals surface area (Å²) in [5.74, 6) is 2.02. The Morgan fingerprint density at radius 1 is 1.00 bits per heavy atom. The third-order valence-corrected chi connectivity index (χ3v) is 4.50. The van der Waals surface area contributed by atoms with Crippen molar-refractivity contribution in [3.05, 3.63) is 65.4 Å². The first kappa shape index (κ1) is 22.1. The van der Waals surface area contributed by atoms with Gasteiger partial charge in [0.25, 0.3) is 0 Å². The van der Waals surface area contributed by atoms with E-state index in [0.29, 0.717) is 50.0 Å². The summed E-state index contributed by atoms with van der Waals surface area (Å²) < 4.78 is 22.1. The Balaban J connectivity index is 1.55. The Kier molecular flexibility index (Phi) is 7.86. The molecular formula is C23H27N3O5. The van der Waals surface area contributed by atoms with Crippen LogP contribution in [0.15, 0.2) is 46.9 Å². The third kappa shape index (κ3) is 5.97. The molecule has 0 saturated carbocycles. The Morgan fingerprint density at radius 2 is 1.77 bits per heavy atom. The molecule has 3 rings (SSSR count). The topological polar surface area (TPSA) is 95.7 Å². The van der Waals surface area contributed by atoms with Crippen LogP contribution in [0.2, 0.25) is 0 Å². The lowest BCUT2D eigenvalue weighted by atomic mass is 10.1. The van der Waals surface area contributed by atoms with Crippen molar-refractivity contribution in [3.8, 4) is 17.2 Å². The van der Waals surface area contributed by atoms with Gasteiger partial charge in [0.05, 0.1) is 26.7 Å². The fraction of sp³-hybridized carbons (Fsp3) is 0.348. The van der Waals surface area contributed by atoms with Gasteiger partial charge in [-0.2, -0.15) is 0 Å². The molecule has 0 fully saturated rings. The molecule has 8 heteroatoms. The Labute approximate surface area is 181 Å². The Bertz CT molecular complexity index is 1000. The van der Waals surface area contributed by atoms with Gasteiger partial charge in [0.1, 0.15) is 5.75 Å². The van der Waals surface area contributed by atoms with Crippen LogP contribution in [0, 0.1) is 0 Å². The first-order chi connectivity index (χ1) is 15.1. The highest BCUT2D eigenvalue weighted by molar-refractivity contribution is 5.89. The van der Waals surface area contributed by atoms with E-state index in [1.54, 1.807) is 7.11 Å². The molecule has 31 heavy (non-hydrogen) atoms. The average Bonchev–Trinajstić information content (AvgIpc) is 3.25. The van der Waals surface area contributed by atoms with Crippen molar-refractivity contribution < 1.29 is 23.4 Å². The Hall–Kier alpha value is -3.55. The van der Waals surface area contributed by atoms with E-state index in [4.69, 9.17) is 18.6 Å². The lowest BCUT2D eigenvalue weighted by Gasteiger charge is -2.12. The largest absolute Gasteiger partial charge is 0.496 e. The normalized spacial score (nSPS) is 10.5. The van der Waals surface area contributed by atoms with Crippen LogP contribution in [0.1, 0.15) is 41.6 Å². The molecule has 3 aromatic rings. The molecule has 164 valence electrons. The zero-order chi connectivity index (χ0) is 22.1. The van der Waals surface area contributed by atoms with Gasteiger partial charge in [-0.05, 0) is 44.0 Å². The number of nitrogens with zero attached hydrogens (tertiary/aromatic N) is 2. The highest BCUT2D eigenvalue weighted by Crippen LogP contribution is 2.28. The van der Waals surface area contributed by atoms with Gasteiger partial charge in [-0.1, -0.05) is 24.3 Å². The second-order valence-electron chi connectivity index (χ2n) is 6.64. The van der Waals surface area contributed by atoms with Crippen LogP contribution < -0.4 is 19.5 Å². The number of carbonyl (C=O) groups excluding carboxylic acids is 1. The van der Waals surface area contributed by atoms with E-state index in [9.17, 15) is 4.79 Å². The zero-order valence-corrected chi connectivity index (χ0v) is 18.0. The second kappa shape index (κ2) is 11.0. The van der Waals surface area contributed by atoms with E-state index < -0.39 is 5.91 Å². The van der Waals surface area contributed by atoms with Crippen LogP contribution in [0.25, 0.3) is 0 Å². The van der Waals surface area contributed by atoms with Gasteiger partial charge in [-0.25, -0.2) is 0 Å². The van der Waals surface area contributed by atoms with Gasteiger partial charge < -0.3 is 23.9 Å². The first-order valence-corrected chi connectivity index (χ1v) is 10.3. The lowest BCUT2D eigenvalue weighted by molar-refractivity contribution is 0.0918. The maximum Gasteiger partial charge on any atom is 0.308 e. The van der Waals surface area contributed by atoms with E-state index in [1.165, 1.54) is 0 Å². The van der Waals surface area contributed by atoms with E-state index in [0.717, 1.165) is 16.9 Å². The van der Waals surface area contributed by atoms with Crippen LogP contribution in [-0.4, -0.2) is 43.0 Å². The van der Waals surface area contributed by atoms with Crippen molar-refractivity contribution in [3.63, 3.8) is 0 Å². The molecule has 8 nitrogen and oxygen atoms in total. The minimum absolute atomic E-state index is 0.0633. The minimum atomic E-state index is -0.408. The van der Waals surface area contributed by atoms with Gasteiger partial charge in [-0.15, -0.1) is 10.2 Å². The van der Waals surface area contributed by atoms with Gasteiger partial charge in [0.15, 0.2) is 11.5 Å². The molecule has 0 atom stereocenters.